The van der Waals surface area contributed by atoms with Crippen molar-refractivity contribution in [1.29, 1.82) is 0 Å². The highest BCUT2D eigenvalue weighted by molar-refractivity contribution is 5.97. The number of ketones is 1. The Bertz CT molecular complexity index is 1130. The van der Waals surface area contributed by atoms with Crippen molar-refractivity contribution >= 4 is 23.7 Å². The first-order valence-electron chi connectivity index (χ1n) is 13.7. The standard InChI is InChI=1S/C31H40N2O4/c1-5-22(4)24(20-27(34)26(19-21(2)3)32-29(35)28-11-8-18-37-28)30(36)33-16-14-31(15-17-33)13-12-23-9-6-7-10-25(23)31/h6-13,18,21-22,24,26H,5,14-17,19-20H2,1-4H3,(H,32,35)/t22-,24-,26-/m0/s1. The Kier molecular flexibility index (Phi) is 8.35. The zero-order valence-electron chi connectivity index (χ0n) is 22.5. The van der Waals surface area contributed by atoms with E-state index in [4.69, 9.17) is 4.42 Å². The minimum atomic E-state index is -0.651. The summed E-state index contributed by atoms with van der Waals surface area (Å²) in [7, 11) is 0. The van der Waals surface area contributed by atoms with Crippen LogP contribution in [0.2, 0.25) is 0 Å². The average molecular weight is 505 g/mol. The Balaban J connectivity index is 1.44. The molecule has 1 aliphatic carbocycles. The van der Waals surface area contributed by atoms with E-state index in [0.717, 1.165) is 19.3 Å². The average Bonchev–Trinajstić information content (AvgIpc) is 3.56. The molecule has 0 radical (unpaired) electrons. The van der Waals surface area contributed by atoms with E-state index >= 15 is 0 Å². The molecule has 0 bridgehead atoms. The van der Waals surface area contributed by atoms with Gasteiger partial charge in [-0.1, -0.05) is 70.5 Å². The molecule has 1 aliphatic heterocycles. The molecule has 4 rings (SSSR count). The Morgan fingerprint density at radius 2 is 1.78 bits per heavy atom. The van der Waals surface area contributed by atoms with Crippen molar-refractivity contribution in [1.82, 2.24) is 10.2 Å². The largest absolute Gasteiger partial charge is 0.459 e. The van der Waals surface area contributed by atoms with Gasteiger partial charge in [-0.3, -0.25) is 14.4 Å². The van der Waals surface area contributed by atoms with E-state index in [1.54, 1.807) is 12.1 Å². The number of Topliss-reactive ketones (excluding diaryl/α,β-unsaturated/α-hetero) is 1. The highest BCUT2D eigenvalue weighted by atomic mass is 16.3. The molecule has 2 heterocycles. The summed E-state index contributed by atoms with van der Waals surface area (Å²) >= 11 is 0. The summed E-state index contributed by atoms with van der Waals surface area (Å²) in [4.78, 5) is 41.9. The van der Waals surface area contributed by atoms with Gasteiger partial charge in [0.05, 0.1) is 12.3 Å². The third kappa shape index (κ3) is 5.89. The number of nitrogens with one attached hydrogen (secondary N) is 1. The summed E-state index contributed by atoms with van der Waals surface area (Å²) in [5, 5.41) is 2.86. The monoisotopic (exact) mass is 504 g/mol. The van der Waals surface area contributed by atoms with E-state index in [9.17, 15) is 14.4 Å². The fourth-order valence-corrected chi connectivity index (χ4v) is 5.79. The Labute approximate surface area is 220 Å². The van der Waals surface area contributed by atoms with Crippen LogP contribution < -0.4 is 5.32 Å². The van der Waals surface area contributed by atoms with E-state index in [-0.39, 0.29) is 41.1 Å². The van der Waals surface area contributed by atoms with Gasteiger partial charge in [-0.25, -0.2) is 0 Å². The summed E-state index contributed by atoms with van der Waals surface area (Å²) < 4.78 is 5.21. The molecule has 1 N–H and O–H groups in total. The van der Waals surface area contributed by atoms with Gasteiger partial charge < -0.3 is 14.6 Å². The van der Waals surface area contributed by atoms with Crippen LogP contribution in [0.3, 0.4) is 0 Å². The smallest absolute Gasteiger partial charge is 0.287 e. The van der Waals surface area contributed by atoms with Crippen molar-refractivity contribution in [2.24, 2.45) is 17.8 Å². The van der Waals surface area contributed by atoms with Gasteiger partial charge in [0, 0.05) is 30.8 Å². The zero-order valence-corrected chi connectivity index (χ0v) is 22.5. The number of carbonyl (C=O) groups excluding carboxylic acids is 3. The molecule has 2 aliphatic rings. The van der Waals surface area contributed by atoms with Crippen LogP contribution in [0.5, 0.6) is 0 Å². The van der Waals surface area contributed by atoms with Crippen molar-refractivity contribution in [2.45, 2.75) is 71.3 Å². The van der Waals surface area contributed by atoms with E-state index in [1.807, 2.05) is 18.7 Å². The topological polar surface area (TPSA) is 79.6 Å². The van der Waals surface area contributed by atoms with Crippen LogP contribution in [-0.2, 0) is 15.0 Å². The van der Waals surface area contributed by atoms with Crippen molar-refractivity contribution < 1.29 is 18.8 Å². The maximum atomic E-state index is 13.8. The SMILES string of the molecule is CC[C@H](C)[C@H](CC(=O)[C@H](CC(C)C)NC(=O)c1ccco1)C(=O)N1CCC2(C=Cc3ccccc32)CC1. The van der Waals surface area contributed by atoms with Gasteiger partial charge in [0.25, 0.3) is 5.91 Å². The number of carbonyl (C=O) groups is 3. The summed E-state index contributed by atoms with van der Waals surface area (Å²) in [5.41, 5.74) is 2.64. The summed E-state index contributed by atoms with van der Waals surface area (Å²) in [6, 6.07) is 11.1. The number of amides is 2. The lowest BCUT2D eigenvalue weighted by molar-refractivity contribution is -0.141. The van der Waals surface area contributed by atoms with Crippen LogP contribution in [0, 0.1) is 17.8 Å². The number of allylic oxidation sites excluding steroid dienone is 1. The first kappa shape index (κ1) is 26.9. The molecule has 1 saturated heterocycles. The molecule has 6 heteroatoms. The van der Waals surface area contributed by atoms with Gasteiger partial charge >= 0.3 is 0 Å². The van der Waals surface area contributed by atoms with E-state index in [1.165, 1.54) is 17.4 Å². The van der Waals surface area contributed by atoms with Crippen molar-refractivity contribution in [3.8, 4) is 0 Å². The van der Waals surface area contributed by atoms with E-state index in [2.05, 4.69) is 55.6 Å². The molecule has 1 spiro atoms. The van der Waals surface area contributed by atoms with Gasteiger partial charge in [0.15, 0.2) is 11.5 Å². The number of piperidine rings is 1. The van der Waals surface area contributed by atoms with Gasteiger partial charge in [-0.15, -0.1) is 0 Å². The number of likely N-dealkylation sites (tertiary alicyclic amines) is 1. The van der Waals surface area contributed by atoms with Gasteiger partial charge in [0.1, 0.15) is 0 Å². The summed E-state index contributed by atoms with van der Waals surface area (Å²) in [6.45, 7) is 9.53. The molecule has 0 saturated carbocycles. The molecule has 1 aromatic carbocycles. The third-order valence-corrected chi connectivity index (χ3v) is 8.26. The van der Waals surface area contributed by atoms with E-state index in [0.29, 0.717) is 19.5 Å². The zero-order chi connectivity index (χ0) is 26.6. The lowest BCUT2D eigenvalue weighted by atomic mass is 9.74. The van der Waals surface area contributed by atoms with Gasteiger partial charge in [0.2, 0.25) is 5.91 Å². The van der Waals surface area contributed by atoms with Crippen LogP contribution in [0.1, 0.15) is 81.5 Å². The molecule has 37 heavy (non-hydrogen) atoms. The second-order valence-corrected chi connectivity index (χ2v) is 11.2. The number of hydrogen-bond donors (Lipinski definition) is 1. The summed E-state index contributed by atoms with van der Waals surface area (Å²) in [5.74, 6) is -0.360. The van der Waals surface area contributed by atoms with Crippen molar-refractivity contribution in [2.75, 3.05) is 13.1 Å². The van der Waals surface area contributed by atoms with Crippen LogP contribution in [-0.4, -0.2) is 41.6 Å². The molecule has 1 fully saturated rings. The molecular formula is C31H40N2O4. The van der Waals surface area contributed by atoms with Crippen LogP contribution in [0.4, 0.5) is 0 Å². The van der Waals surface area contributed by atoms with Crippen LogP contribution in [0.25, 0.3) is 6.08 Å². The highest BCUT2D eigenvalue weighted by Crippen LogP contribution is 2.44. The normalized spacial score (nSPS) is 18.5. The molecule has 2 amide bonds. The molecular weight excluding hydrogens is 464 g/mol. The first-order chi connectivity index (χ1) is 17.7. The molecule has 6 nitrogen and oxygen atoms in total. The number of benzene rings is 1. The molecule has 198 valence electrons. The molecule has 3 atom stereocenters. The number of nitrogens with zero attached hydrogens (tertiary/aromatic N) is 1. The predicted molar refractivity (Wildman–Crippen MR) is 145 cm³/mol. The second kappa shape index (κ2) is 11.5. The first-order valence-corrected chi connectivity index (χ1v) is 13.7. The minimum Gasteiger partial charge on any atom is -0.459 e. The van der Waals surface area contributed by atoms with Crippen LogP contribution in [0.15, 0.2) is 53.2 Å². The van der Waals surface area contributed by atoms with Gasteiger partial charge in [-0.2, -0.15) is 0 Å². The highest BCUT2D eigenvalue weighted by Gasteiger charge is 2.41. The molecule has 1 aromatic heterocycles. The number of rotatable bonds is 10. The van der Waals surface area contributed by atoms with Gasteiger partial charge in [-0.05, 0) is 54.4 Å². The quantitative estimate of drug-likeness (QED) is 0.455. The maximum absolute atomic E-state index is 13.8. The minimum absolute atomic E-state index is 0.00749. The number of hydrogen-bond acceptors (Lipinski definition) is 4. The Hall–Kier alpha value is -3.15. The lowest BCUT2D eigenvalue weighted by Crippen LogP contribution is -2.48. The maximum Gasteiger partial charge on any atom is 0.287 e. The lowest BCUT2D eigenvalue weighted by Gasteiger charge is -2.41. The predicted octanol–water partition coefficient (Wildman–Crippen LogP) is 5.63. The summed E-state index contributed by atoms with van der Waals surface area (Å²) in [6.07, 6.45) is 9.20. The van der Waals surface area contributed by atoms with E-state index < -0.39 is 17.9 Å². The Morgan fingerprint density at radius 3 is 2.43 bits per heavy atom. The molecule has 2 aromatic rings. The van der Waals surface area contributed by atoms with Crippen molar-refractivity contribution in [3.63, 3.8) is 0 Å². The fourth-order valence-electron chi connectivity index (χ4n) is 5.79. The second-order valence-electron chi connectivity index (χ2n) is 11.2. The van der Waals surface area contributed by atoms with Crippen LogP contribution >= 0.6 is 0 Å². The Morgan fingerprint density at radius 1 is 1.05 bits per heavy atom. The van der Waals surface area contributed by atoms with Crippen molar-refractivity contribution in [3.05, 3.63) is 65.6 Å². The number of fused-ring (bicyclic) bond motifs is 2. The third-order valence-electron chi connectivity index (χ3n) is 8.26. The number of furan rings is 1. The molecule has 0 unspecified atom stereocenters. The fraction of sp³-hybridized carbons (Fsp3) is 0.516.